The number of anilines is 1. The Balaban J connectivity index is 1.27. The molecule has 11 nitrogen and oxygen atoms in total. The van der Waals surface area contributed by atoms with Crippen LogP contribution in [-0.2, 0) is 9.47 Å². The number of phenolic OH excluding ortho intramolecular Hbond substituents is 1. The number of nitrogens with zero attached hydrogens (tertiary/aromatic N) is 5. The fraction of sp³-hybridized carbons (Fsp3) is 0.525. The number of hydrogen-bond acceptors (Lipinski definition) is 11. The molecule has 0 unspecified atom stereocenters. The molecule has 4 heterocycles. The van der Waals surface area contributed by atoms with Gasteiger partial charge in [0.15, 0.2) is 5.82 Å². The van der Waals surface area contributed by atoms with E-state index in [4.69, 9.17) is 30.4 Å². The number of β-amino-alcohol motifs (C(OH)–C–C–N with tert-alkyl or cyclic N) is 1. The Morgan fingerprint density at radius 1 is 1.13 bits per heavy atom. The summed E-state index contributed by atoms with van der Waals surface area (Å²) in [5.74, 6) is 0.660. The van der Waals surface area contributed by atoms with Crippen molar-refractivity contribution in [3.05, 3.63) is 41.5 Å². The first-order chi connectivity index (χ1) is 25.9. The number of piperidine rings is 1. The number of rotatable bonds is 8. The number of aromatic nitrogens is 3. The van der Waals surface area contributed by atoms with Crippen LogP contribution in [0.3, 0.4) is 0 Å². The number of halogens is 3. The highest BCUT2D eigenvalue weighted by Crippen LogP contribution is 2.51. The molecule has 2 saturated carbocycles. The number of hydrogen-bond donors (Lipinski definition) is 2. The van der Waals surface area contributed by atoms with Crippen LogP contribution < -0.4 is 14.4 Å². The lowest BCUT2D eigenvalue weighted by atomic mass is 9.72. The van der Waals surface area contributed by atoms with Gasteiger partial charge in [0.25, 0.3) is 0 Å². The maximum Gasteiger partial charge on any atom is 0.319 e. The molecule has 286 valence electrons. The average Bonchev–Trinajstić information content (AvgIpc) is 3.46. The summed E-state index contributed by atoms with van der Waals surface area (Å²) in [4.78, 5) is 18.0. The van der Waals surface area contributed by atoms with Crippen LogP contribution in [0.15, 0.2) is 24.3 Å². The minimum atomic E-state index is -1.29. The van der Waals surface area contributed by atoms with Crippen molar-refractivity contribution in [1.29, 1.82) is 0 Å². The van der Waals surface area contributed by atoms with Crippen molar-refractivity contribution < 1.29 is 42.3 Å². The minimum absolute atomic E-state index is 0.0274. The highest BCUT2D eigenvalue weighted by atomic mass is 19.1. The van der Waals surface area contributed by atoms with Crippen molar-refractivity contribution >= 4 is 27.5 Å². The second-order valence-corrected chi connectivity index (χ2v) is 15.5. The average molecular weight is 748 g/mol. The maximum atomic E-state index is 17.3. The molecule has 0 radical (unpaired) electrons. The number of phenols is 1. The Bertz CT molecular complexity index is 2140. The largest absolute Gasteiger partial charge is 0.508 e. The lowest BCUT2D eigenvalue weighted by Gasteiger charge is -2.53. The molecule has 0 spiro atoms. The zero-order chi connectivity index (χ0) is 37.9. The van der Waals surface area contributed by atoms with Crippen molar-refractivity contribution in [2.45, 2.75) is 75.4 Å². The molecule has 2 N–H and O–H groups in total. The van der Waals surface area contributed by atoms with Gasteiger partial charge in [-0.15, -0.1) is 6.42 Å². The lowest BCUT2D eigenvalue weighted by Crippen LogP contribution is -2.62. The quantitative estimate of drug-likeness (QED) is 0.221. The van der Waals surface area contributed by atoms with Crippen molar-refractivity contribution in [1.82, 2.24) is 19.9 Å². The first kappa shape index (κ1) is 36.6. The summed E-state index contributed by atoms with van der Waals surface area (Å²) < 4.78 is 71.4. The summed E-state index contributed by atoms with van der Waals surface area (Å²) in [7, 11) is 3.07. The van der Waals surface area contributed by atoms with Gasteiger partial charge in [0.05, 0.1) is 45.1 Å². The van der Waals surface area contributed by atoms with Crippen LogP contribution in [0.4, 0.5) is 19.0 Å². The Kier molecular flexibility index (Phi) is 9.49. The molecule has 0 bridgehead atoms. The van der Waals surface area contributed by atoms with Crippen LogP contribution in [0.1, 0.15) is 51.0 Å². The standard InChI is InChI=1S/C40H44F3N5O6/c1-5-27-29(42)9-8-22-13-25(49)16-28(31(22)27)34-33(43)35-32(37(44-34)52-4)36(47-11-12-53-20-39(2,50)19-47)46-38(45-35)54-21-40-10-6-7-30(40)48(18-23(41)17-40)24-14-26(15-24)51-3/h1,8-9,13,16,23-24,26,30,49-50H,6-7,10-12,14-15,17-21H2,2-4H3/t23-,24?,26?,30+,39-,40+/m0/s1. The molecule has 2 saturated heterocycles. The van der Waals surface area contributed by atoms with E-state index in [9.17, 15) is 10.2 Å². The van der Waals surface area contributed by atoms with E-state index in [1.54, 1.807) is 18.9 Å². The molecular formula is C40H44F3N5O6. The molecule has 4 atom stereocenters. The van der Waals surface area contributed by atoms with E-state index in [1.165, 1.54) is 31.4 Å². The Hall–Kier alpha value is -4.42. The number of methoxy groups -OCH3 is 2. The van der Waals surface area contributed by atoms with E-state index in [-0.39, 0.29) is 108 Å². The molecule has 2 aliphatic heterocycles. The molecule has 8 rings (SSSR count). The lowest BCUT2D eigenvalue weighted by molar-refractivity contribution is -0.103. The molecular weight excluding hydrogens is 703 g/mol. The zero-order valence-electron chi connectivity index (χ0n) is 30.6. The van der Waals surface area contributed by atoms with Gasteiger partial charge in [-0.1, -0.05) is 18.4 Å². The van der Waals surface area contributed by atoms with E-state index in [2.05, 4.69) is 20.8 Å². The van der Waals surface area contributed by atoms with Gasteiger partial charge >= 0.3 is 6.01 Å². The monoisotopic (exact) mass is 747 g/mol. The van der Waals surface area contributed by atoms with Gasteiger partial charge in [0.2, 0.25) is 5.88 Å². The number of pyridine rings is 1. The predicted octanol–water partition coefficient (Wildman–Crippen LogP) is 5.55. The van der Waals surface area contributed by atoms with Crippen LogP contribution in [0.5, 0.6) is 17.6 Å². The number of alkyl halides is 1. The van der Waals surface area contributed by atoms with Crippen LogP contribution in [0.2, 0.25) is 0 Å². The van der Waals surface area contributed by atoms with Crippen molar-refractivity contribution in [3.63, 3.8) is 0 Å². The van der Waals surface area contributed by atoms with Gasteiger partial charge in [0, 0.05) is 48.6 Å². The third-order valence-electron chi connectivity index (χ3n) is 11.8. The van der Waals surface area contributed by atoms with Crippen molar-refractivity contribution in [2.24, 2.45) is 5.41 Å². The van der Waals surface area contributed by atoms with Crippen molar-refractivity contribution in [2.75, 3.05) is 58.6 Å². The summed E-state index contributed by atoms with van der Waals surface area (Å²) >= 11 is 0. The fourth-order valence-electron chi connectivity index (χ4n) is 9.24. The molecule has 4 aromatic rings. The maximum absolute atomic E-state index is 17.3. The first-order valence-corrected chi connectivity index (χ1v) is 18.4. The summed E-state index contributed by atoms with van der Waals surface area (Å²) in [5.41, 5.74) is -2.41. The molecule has 4 fully saturated rings. The van der Waals surface area contributed by atoms with E-state index in [1.807, 2.05) is 0 Å². The van der Waals surface area contributed by atoms with Crippen molar-refractivity contribution in [3.8, 4) is 41.2 Å². The topological polar surface area (TPSA) is 123 Å². The van der Waals surface area contributed by atoms with E-state index < -0.39 is 28.8 Å². The van der Waals surface area contributed by atoms with Gasteiger partial charge in [-0.3, -0.25) is 4.90 Å². The second kappa shape index (κ2) is 14.0. The molecule has 4 aliphatic rings. The summed E-state index contributed by atoms with van der Waals surface area (Å²) in [6.07, 6.45) is 9.52. The number of aliphatic hydroxyl groups is 1. The molecule has 0 amide bonds. The van der Waals surface area contributed by atoms with Crippen LogP contribution >= 0.6 is 0 Å². The minimum Gasteiger partial charge on any atom is -0.508 e. The Morgan fingerprint density at radius 2 is 1.94 bits per heavy atom. The summed E-state index contributed by atoms with van der Waals surface area (Å²) in [6.45, 7) is 2.78. The first-order valence-electron chi connectivity index (χ1n) is 18.4. The second-order valence-electron chi connectivity index (χ2n) is 15.5. The van der Waals surface area contributed by atoms with Gasteiger partial charge in [0.1, 0.15) is 45.8 Å². The molecule has 2 aliphatic carbocycles. The van der Waals surface area contributed by atoms with Gasteiger partial charge in [-0.25, -0.2) is 18.2 Å². The van der Waals surface area contributed by atoms with E-state index in [0.717, 1.165) is 32.1 Å². The summed E-state index contributed by atoms with van der Waals surface area (Å²) in [6, 6.07) is 5.48. The van der Waals surface area contributed by atoms with Gasteiger partial charge in [-0.2, -0.15) is 9.97 Å². The SMILES string of the molecule is C#Cc1c(F)ccc2cc(O)cc(-c3nc(OC)c4c(N5CCOC[C@@](C)(O)C5)nc(OC[C@]56CCC[C@H]5N(C5CC(OC)C5)C[C@@H](F)C6)nc4c3F)c12. The number of fused-ring (bicyclic) bond motifs is 3. The van der Waals surface area contributed by atoms with E-state index >= 15 is 13.2 Å². The molecule has 2 aromatic heterocycles. The number of benzene rings is 2. The highest BCUT2D eigenvalue weighted by Gasteiger charge is 2.54. The van der Waals surface area contributed by atoms with Gasteiger partial charge < -0.3 is 34.1 Å². The third kappa shape index (κ3) is 6.34. The normalized spacial score (nSPS) is 28.7. The van der Waals surface area contributed by atoms with Crippen LogP contribution in [-0.4, -0.2) is 114 Å². The highest BCUT2D eigenvalue weighted by molar-refractivity contribution is 6.04. The Labute approximate surface area is 311 Å². The zero-order valence-corrected chi connectivity index (χ0v) is 30.6. The molecule has 2 aromatic carbocycles. The molecule has 14 heteroatoms. The molecule has 54 heavy (non-hydrogen) atoms. The number of terminal acetylenes is 1. The smallest absolute Gasteiger partial charge is 0.319 e. The number of ether oxygens (including phenoxy) is 4. The predicted molar refractivity (Wildman–Crippen MR) is 196 cm³/mol. The summed E-state index contributed by atoms with van der Waals surface area (Å²) in [5, 5.41) is 22.5. The number of aromatic hydroxyl groups is 1. The van der Waals surface area contributed by atoms with Crippen LogP contribution in [0, 0.1) is 29.4 Å². The van der Waals surface area contributed by atoms with Crippen LogP contribution in [0.25, 0.3) is 32.9 Å². The third-order valence-corrected chi connectivity index (χ3v) is 11.8. The van der Waals surface area contributed by atoms with E-state index in [0.29, 0.717) is 18.4 Å². The van der Waals surface area contributed by atoms with Gasteiger partial charge in [-0.05, 0) is 62.6 Å². The number of likely N-dealkylation sites (tertiary alicyclic amines) is 1. The Morgan fingerprint density at radius 3 is 2.70 bits per heavy atom. The fourth-order valence-corrected chi connectivity index (χ4v) is 9.24.